The molecule has 0 atom stereocenters. The molecule has 4 nitrogen and oxygen atoms in total. The predicted molar refractivity (Wildman–Crippen MR) is 73.6 cm³/mol. The highest BCUT2D eigenvalue weighted by Crippen LogP contribution is 2.27. The van der Waals surface area contributed by atoms with Gasteiger partial charge in [0.2, 0.25) is 0 Å². The molecule has 0 radical (unpaired) electrons. The van der Waals surface area contributed by atoms with Crippen LogP contribution in [0.25, 0.3) is 0 Å². The Morgan fingerprint density at radius 3 is 2.24 bits per heavy atom. The van der Waals surface area contributed by atoms with Gasteiger partial charge in [0.05, 0.1) is 8.07 Å². The molecule has 0 heterocycles. The third-order valence-corrected chi connectivity index (χ3v) is 9.91. The number of hydrogen-bond donors (Lipinski definition) is 1. The van der Waals surface area contributed by atoms with E-state index in [1.54, 1.807) is 0 Å². The molecule has 0 saturated heterocycles. The average Bonchev–Trinajstić information content (AvgIpc) is 2.36. The van der Waals surface area contributed by atoms with Gasteiger partial charge in [-0.1, -0.05) is 50.7 Å². The number of rotatable bonds is 10. The van der Waals surface area contributed by atoms with Gasteiger partial charge in [-0.2, -0.15) is 0 Å². The van der Waals surface area contributed by atoms with Gasteiger partial charge in [-0.05, 0) is 0 Å². The second-order valence-corrected chi connectivity index (χ2v) is 10.5. The van der Waals surface area contributed by atoms with Crippen LogP contribution in [0.2, 0.25) is 24.2 Å². The van der Waals surface area contributed by atoms with Crippen LogP contribution in [0.5, 0.6) is 0 Å². The van der Waals surface area contributed by atoms with Gasteiger partial charge in [0, 0.05) is 6.04 Å². The first-order chi connectivity index (χ1) is 8.14. The minimum atomic E-state index is -1.35. The van der Waals surface area contributed by atoms with E-state index in [4.69, 9.17) is 9.84 Å². The normalized spacial score (nSPS) is 11.8. The van der Waals surface area contributed by atoms with Gasteiger partial charge in [0.1, 0.15) is 12.7 Å². The first-order valence-electron chi connectivity index (χ1n) is 6.06. The minimum Gasteiger partial charge on any atom is -0.371 e. The van der Waals surface area contributed by atoms with Crippen molar-refractivity contribution < 1.29 is 19.4 Å². The maximum Gasteiger partial charge on any atom is 0.188 e. The highest BCUT2D eigenvalue weighted by atomic mass is 32.2. The van der Waals surface area contributed by atoms with Crippen LogP contribution in [0, 0.1) is 0 Å². The summed E-state index contributed by atoms with van der Waals surface area (Å²) in [5.41, 5.74) is 0. The summed E-state index contributed by atoms with van der Waals surface area (Å²) in [5, 5.41) is 8.58. The van der Waals surface area contributed by atoms with E-state index in [-0.39, 0.29) is 18.7 Å². The second-order valence-electron chi connectivity index (χ2n) is 4.03. The lowest BCUT2D eigenvalue weighted by atomic mass is 10.9. The number of carbonyl (C=O) groups is 1. The van der Waals surface area contributed by atoms with Crippen LogP contribution in [0.3, 0.4) is 0 Å². The van der Waals surface area contributed by atoms with E-state index in [0.29, 0.717) is 5.94 Å². The molecule has 0 aromatic rings. The van der Waals surface area contributed by atoms with E-state index in [2.05, 4.69) is 25.5 Å². The van der Waals surface area contributed by atoms with Crippen molar-refractivity contribution in [1.82, 2.24) is 0 Å². The number of aliphatic hydroxyl groups is 1. The van der Waals surface area contributed by atoms with Crippen molar-refractivity contribution in [3.8, 4) is 0 Å². The molecule has 0 saturated carbocycles. The molecule has 102 valence electrons. The quantitative estimate of drug-likeness (QED) is 0.379. The third-order valence-electron chi connectivity index (χ3n) is 3.33. The fourth-order valence-corrected chi connectivity index (χ4v) is 6.19. The van der Waals surface area contributed by atoms with Gasteiger partial charge in [-0.25, -0.2) is 0 Å². The highest BCUT2D eigenvalue weighted by Gasteiger charge is 2.29. The summed E-state index contributed by atoms with van der Waals surface area (Å²) in [4.78, 5) is 11.8. The van der Waals surface area contributed by atoms with Crippen LogP contribution in [-0.4, -0.2) is 37.8 Å². The molecule has 0 fully saturated rings. The molecule has 0 aromatic heterocycles. The number of carbonyl (C=O) groups excluding carboxylic acids is 1. The Kier molecular flexibility index (Phi) is 10.1. The van der Waals surface area contributed by atoms with Crippen LogP contribution in [0.1, 0.15) is 20.8 Å². The SMILES string of the molecule is CC[Si](CC)(CC)CC(=O)SCOCOCO. The lowest BCUT2D eigenvalue weighted by molar-refractivity contribution is -0.109. The fourth-order valence-electron chi connectivity index (χ4n) is 1.72. The van der Waals surface area contributed by atoms with Crippen molar-refractivity contribution in [3.05, 3.63) is 0 Å². The van der Waals surface area contributed by atoms with Crippen LogP contribution >= 0.6 is 11.8 Å². The minimum absolute atomic E-state index is 0.0364. The molecule has 0 rings (SSSR count). The van der Waals surface area contributed by atoms with Gasteiger partial charge in [-0.15, -0.1) is 0 Å². The molecule has 0 spiro atoms. The Morgan fingerprint density at radius 2 is 1.76 bits per heavy atom. The lowest BCUT2D eigenvalue weighted by Gasteiger charge is -2.26. The van der Waals surface area contributed by atoms with Gasteiger partial charge in [0.15, 0.2) is 11.9 Å². The number of thioether (sulfide) groups is 1. The second kappa shape index (κ2) is 10.1. The molecule has 6 heteroatoms. The summed E-state index contributed by atoms with van der Waals surface area (Å²) >= 11 is 1.21. The molecule has 0 aliphatic heterocycles. The summed E-state index contributed by atoms with van der Waals surface area (Å²) in [6.45, 7) is 6.28. The van der Waals surface area contributed by atoms with Gasteiger partial charge in [-0.3, -0.25) is 4.79 Å². The molecule has 0 aliphatic carbocycles. The van der Waals surface area contributed by atoms with Crippen molar-refractivity contribution in [2.24, 2.45) is 0 Å². The summed E-state index contributed by atoms with van der Waals surface area (Å²) in [7, 11) is -1.35. The summed E-state index contributed by atoms with van der Waals surface area (Å²) < 4.78 is 9.63. The van der Waals surface area contributed by atoms with E-state index < -0.39 is 8.07 Å². The predicted octanol–water partition coefficient (Wildman–Crippen LogP) is 2.65. The zero-order valence-electron chi connectivity index (χ0n) is 11.0. The molecule has 0 bridgehead atoms. The Hall–Kier alpha value is 0.117. The number of aliphatic hydroxyl groups excluding tert-OH is 1. The van der Waals surface area contributed by atoms with E-state index in [9.17, 15) is 4.79 Å². The highest BCUT2D eigenvalue weighted by molar-refractivity contribution is 8.13. The van der Waals surface area contributed by atoms with E-state index >= 15 is 0 Å². The molecule has 0 amide bonds. The summed E-state index contributed by atoms with van der Waals surface area (Å²) in [6.07, 6.45) is 0. The van der Waals surface area contributed by atoms with Crippen LogP contribution in [0.4, 0.5) is 0 Å². The van der Waals surface area contributed by atoms with E-state index in [1.165, 1.54) is 29.9 Å². The maximum atomic E-state index is 11.8. The zero-order valence-corrected chi connectivity index (χ0v) is 12.8. The largest absolute Gasteiger partial charge is 0.371 e. The standard InChI is InChI=1S/C11H24O4SSi/c1-4-17(5-2,6-3)7-11(13)16-10-15-9-14-8-12/h12H,4-10H2,1-3H3. The van der Waals surface area contributed by atoms with E-state index in [1.807, 2.05) is 0 Å². The summed E-state index contributed by atoms with van der Waals surface area (Å²) in [6, 6.07) is 4.24. The van der Waals surface area contributed by atoms with Crippen molar-refractivity contribution in [2.75, 3.05) is 19.5 Å². The molecule has 0 unspecified atom stereocenters. The average molecular weight is 280 g/mol. The van der Waals surface area contributed by atoms with Crippen LogP contribution < -0.4 is 0 Å². The topological polar surface area (TPSA) is 55.8 Å². The molecule has 1 N–H and O–H groups in total. The molecular formula is C11H24O4SSi. The first kappa shape index (κ1) is 17.1. The van der Waals surface area contributed by atoms with Gasteiger partial charge < -0.3 is 14.6 Å². The number of hydrogen-bond acceptors (Lipinski definition) is 5. The first-order valence-corrected chi connectivity index (χ1v) is 9.87. The molecule has 0 aromatic carbocycles. The zero-order chi connectivity index (χ0) is 13.1. The van der Waals surface area contributed by atoms with Crippen LogP contribution in [0.15, 0.2) is 0 Å². The summed E-state index contributed by atoms with van der Waals surface area (Å²) in [5.74, 6) is 0.306. The molecule has 17 heavy (non-hydrogen) atoms. The molecule has 0 aliphatic rings. The molecular weight excluding hydrogens is 256 g/mol. The Bertz CT molecular complexity index is 201. The Balaban J connectivity index is 3.83. The van der Waals surface area contributed by atoms with Gasteiger partial charge in [0.25, 0.3) is 0 Å². The van der Waals surface area contributed by atoms with Crippen molar-refractivity contribution in [3.63, 3.8) is 0 Å². The van der Waals surface area contributed by atoms with Gasteiger partial charge >= 0.3 is 0 Å². The lowest BCUT2D eigenvalue weighted by Crippen LogP contribution is -2.33. The number of ether oxygens (including phenoxy) is 2. The smallest absolute Gasteiger partial charge is 0.188 e. The maximum absolute atomic E-state index is 11.8. The Morgan fingerprint density at radius 1 is 1.18 bits per heavy atom. The monoisotopic (exact) mass is 280 g/mol. The van der Waals surface area contributed by atoms with Crippen molar-refractivity contribution >= 4 is 25.0 Å². The third kappa shape index (κ3) is 7.20. The van der Waals surface area contributed by atoms with Crippen molar-refractivity contribution in [2.45, 2.75) is 44.9 Å². The van der Waals surface area contributed by atoms with Crippen molar-refractivity contribution in [1.29, 1.82) is 0 Å². The fraction of sp³-hybridized carbons (Fsp3) is 0.909. The van der Waals surface area contributed by atoms with Crippen LogP contribution in [-0.2, 0) is 14.3 Å². The van der Waals surface area contributed by atoms with E-state index in [0.717, 1.165) is 6.04 Å². The Labute approximate surface area is 109 Å².